The summed E-state index contributed by atoms with van der Waals surface area (Å²) in [6.07, 6.45) is 1.98. The van der Waals surface area contributed by atoms with Crippen LogP contribution in [0, 0.1) is 0 Å². The van der Waals surface area contributed by atoms with Crippen LogP contribution in [0.4, 0.5) is 0 Å². The van der Waals surface area contributed by atoms with E-state index in [2.05, 4.69) is 37.6 Å². The minimum atomic E-state index is -0.0219. The number of amides is 1. The van der Waals surface area contributed by atoms with E-state index in [4.69, 9.17) is 0 Å². The predicted octanol–water partition coefficient (Wildman–Crippen LogP) is 2.19. The first-order valence-corrected chi connectivity index (χ1v) is 6.23. The van der Waals surface area contributed by atoms with Crippen molar-refractivity contribution in [3.63, 3.8) is 0 Å². The second-order valence-electron chi connectivity index (χ2n) is 4.17. The average Bonchev–Trinajstić information content (AvgIpc) is 2.28. The monoisotopic (exact) mass is 226 g/mol. The van der Waals surface area contributed by atoms with E-state index in [9.17, 15) is 4.79 Å². The molecule has 1 unspecified atom stereocenters. The first kappa shape index (κ1) is 15.2. The van der Waals surface area contributed by atoms with Crippen molar-refractivity contribution in [2.75, 3.05) is 19.6 Å². The van der Waals surface area contributed by atoms with Gasteiger partial charge in [0, 0.05) is 18.2 Å². The Morgan fingerprint density at radius 3 is 2.25 bits per heavy atom. The largest absolute Gasteiger partial charge is 0.350 e. The van der Waals surface area contributed by atoms with Crippen LogP contribution in [0.5, 0.6) is 0 Å². The third-order valence-corrected chi connectivity index (χ3v) is 2.90. The molecule has 0 saturated carbocycles. The van der Waals surface area contributed by atoms with Crippen LogP contribution in [0.3, 0.4) is 0 Å². The molecule has 0 spiro atoms. The SMILES string of the molecule is C=C(C)C(=O)NC(CC)CCN(CC)CC. The van der Waals surface area contributed by atoms with E-state index in [0.717, 1.165) is 32.5 Å². The van der Waals surface area contributed by atoms with Crippen molar-refractivity contribution in [1.82, 2.24) is 10.2 Å². The maximum atomic E-state index is 11.5. The standard InChI is InChI=1S/C13H26N2O/c1-6-12(14-13(16)11(4)5)9-10-15(7-2)8-3/h12H,4,6-10H2,1-3,5H3,(H,14,16). The van der Waals surface area contributed by atoms with Crippen LogP contribution in [0.2, 0.25) is 0 Å². The highest BCUT2D eigenvalue weighted by atomic mass is 16.1. The minimum absolute atomic E-state index is 0.0219. The number of nitrogens with zero attached hydrogens (tertiary/aromatic N) is 1. The Labute approximate surface area is 99.9 Å². The Morgan fingerprint density at radius 2 is 1.88 bits per heavy atom. The van der Waals surface area contributed by atoms with Gasteiger partial charge >= 0.3 is 0 Å². The van der Waals surface area contributed by atoms with Gasteiger partial charge in [0.2, 0.25) is 5.91 Å². The Kier molecular flexibility index (Phi) is 7.90. The van der Waals surface area contributed by atoms with Crippen molar-refractivity contribution in [1.29, 1.82) is 0 Å². The molecule has 0 saturated heterocycles. The summed E-state index contributed by atoms with van der Waals surface area (Å²) in [4.78, 5) is 13.8. The lowest BCUT2D eigenvalue weighted by atomic mass is 10.1. The lowest BCUT2D eigenvalue weighted by Crippen LogP contribution is -2.37. The fourth-order valence-corrected chi connectivity index (χ4v) is 1.57. The zero-order valence-electron chi connectivity index (χ0n) is 11.2. The van der Waals surface area contributed by atoms with Gasteiger partial charge in [-0.25, -0.2) is 0 Å². The van der Waals surface area contributed by atoms with Crippen LogP contribution in [0.1, 0.15) is 40.5 Å². The van der Waals surface area contributed by atoms with Crippen molar-refractivity contribution in [2.24, 2.45) is 0 Å². The van der Waals surface area contributed by atoms with Crippen LogP contribution in [0.15, 0.2) is 12.2 Å². The van der Waals surface area contributed by atoms with Crippen LogP contribution in [0.25, 0.3) is 0 Å². The molecule has 1 N–H and O–H groups in total. The predicted molar refractivity (Wildman–Crippen MR) is 69.4 cm³/mol. The zero-order chi connectivity index (χ0) is 12.6. The summed E-state index contributed by atoms with van der Waals surface area (Å²) in [7, 11) is 0. The lowest BCUT2D eigenvalue weighted by Gasteiger charge is -2.22. The summed E-state index contributed by atoms with van der Waals surface area (Å²) >= 11 is 0. The maximum Gasteiger partial charge on any atom is 0.246 e. The molecule has 0 bridgehead atoms. The third-order valence-electron chi connectivity index (χ3n) is 2.90. The zero-order valence-corrected chi connectivity index (χ0v) is 11.2. The Bertz CT molecular complexity index is 222. The Balaban J connectivity index is 4.00. The van der Waals surface area contributed by atoms with E-state index in [1.54, 1.807) is 6.92 Å². The van der Waals surface area contributed by atoms with Crippen LogP contribution >= 0.6 is 0 Å². The molecular weight excluding hydrogens is 200 g/mol. The molecule has 0 heterocycles. The van der Waals surface area contributed by atoms with E-state index in [-0.39, 0.29) is 11.9 Å². The van der Waals surface area contributed by atoms with Crippen LogP contribution < -0.4 is 5.32 Å². The van der Waals surface area contributed by atoms with Crippen LogP contribution in [-0.4, -0.2) is 36.5 Å². The molecule has 1 amide bonds. The number of hydrogen-bond acceptors (Lipinski definition) is 2. The van der Waals surface area contributed by atoms with E-state index in [1.165, 1.54) is 0 Å². The van der Waals surface area contributed by atoms with E-state index < -0.39 is 0 Å². The first-order chi connectivity index (χ1) is 7.54. The van der Waals surface area contributed by atoms with Crippen molar-refractivity contribution in [3.8, 4) is 0 Å². The molecule has 3 heteroatoms. The van der Waals surface area contributed by atoms with E-state index in [1.807, 2.05) is 0 Å². The molecule has 0 aromatic rings. The van der Waals surface area contributed by atoms with Gasteiger partial charge in [0.1, 0.15) is 0 Å². The summed E-state index contributed by atoms with van der Waals surface area (Å²) < 4.78 is 0. The molecule has 0 radical (unpaired) electrons. The highest BCUT2D eigenvalue weighted by Gasteiger charge is 2.11. The van der Waals surface area contributed by atoms with Crippen molar-refractivity contribution in [2.45, 2.75) is 46.6 Å². The molecule has 3 nitrogen and oxygen atoms in total. The summed E-state index contributed by atoms with van der Waals surface area (Å²) in [5, 5.41) is 3.00. The maximum absolute atomic E-state index is 11.5. The molecule has 0 rings (SSSR count). The first-order valence-electron chi connectivity index (χ1n) is 6.23. The summed E-state index contributed by atoms with van der Waals surface area (Å²) in [6, 6.07) is 0.268. The van der Waals surface area contributed by atoms with Gasteiger partial charge in [-0.1, -0.05) is 27.4 Å². The number of hydrogen-bond donors (Lipinski definition) is 1. The van der Waals surface area contributed by atoms with Crippen molar-refractivity contribution in [3.05, 3.63) is 12.2 Å². The van der Waals surface area contributed by atoms with Gasteiger partial charge in [-0.05, 0) is 32.9 Å². The van der Waals surface area contributed by atoms with Gasteiger partial charge in [0.05, 0.1) is 0 Å². The fourth-order valence-electron chi connectivity index (χ4n) is 1.57. The highest BCUT2D eigenvalue weighted by molar-refractivity contribution is 5.92. The van der Waals surface area contributed by atoms with E-state index in [0.29, 0.717) is 5.57 Å². The average molecular weight is 226 g/mol. The topological polar surface area (TPSA) is 32.3 Å². The molecule has 1 atom stereocenters. The van der Waals surface area contributed by atoms with E-state index >= 15 is 0 Å². The number of rotatable bonds is 8. The third kappa shape index (κ3) is 5.91. The molecule has 0 aromatic carbocycles. The van der Waals surface area contributed by atoms with Crippen molar-refractivity contribution >= 4 is 5.91 Å². The molecule has 16 heavy (non-hydrogen) atoms. The van der Waals surface area contributed by atoms with Crippen LogP contribution in [-0.2, 0) is 4.79 Å². The highest BCUT2D eigenvalue weighted by Crippen LogP contribution is 2.02. The number of nitrogens with one attached hydrogen (secondary N) is 1. The Hall–Kier alpha value is -0.830. The Morgan fingerprint density at radius 1 is 1.31 bits per heavy atom. The second-order valence-corrected chi connectivity index (χ2v) is 4.17. The summed E-state index contributed by atoms with van der Waals surface area (Å²) in [5.41, 5.74) is 0.585. The summed E-state index contributed by atoms with van der Waals surface area (Å²) in [6.45, 7) is 15.0. The number of carbonyl (C=O) groups is 1. The minimum Gasteiger partial charge on any atom is -0.350 e. The molecule has 0 aliphatic carbocycles. The summed E-state index contributed by atoms with van der Waals surface area (Å²) in [5.74, 6) is -0.0219. The molecule has 0 aliphatic heterocycles. The smallest absolute Gasteiger partial charge is 0.246 e. The van der Waals surface area contributed by atoms with Gasteiger partial charge < -0.3 is 10.2 Å². The van der Waals surface area contributed by atoms with Gasteiger partial charge in [0.15, 0.2) is 0 Å². The molecule has 94 valence electrons. The quantitative estimate of drug-likeness (QED) is 0.643. The van der Waals surface area contributed by atoms with Gasteiger partial charge in [-0.3, -0.25) is 4.79 Å². The number of carbonyl (C=O) groups excluding carboxylic acids is 1. The molecule has 0 aromatic heterocycles. The normalized spacial score (nSPS) is 12.6. The van der Waals surface area contributed by atoms with Gasteiger partial charge in [0.25, 0.3) is 0 Å². The van der Waals surface area contributed by atoms with Crippen molar-refractivity contribution < 1.29 is 4.79 Å². The molecule has 0 aliphatic rings. The molecular formula is C13H26N2O. The van der Waals surface area contributed by atoms with Gasteiger partial charge in [-0.15, -0.1) is 0 Å². The lowest BCUT2D eigenvalue weighted by molar-refractivity contribution is -0.118. The second kappa shape index (κ2) is 8.34. The fraction of sp³-hybridized carbons (Fsp3) is 0.769. The van der Waals surface area contributed by atoms with Gasteiger partial charge in [-0.2, -0.15) is 0 Å². The molecule has 0 fully saturated rings.